The molecule has 0 radical (unpaired) electrons. The first-order valence-electron chi connectivity index (χ1n) is 7.04. The Hall–Kier alpha value is -2.76. The fourth-order valence-corrected chi connectivity index (χ4v) is 1.68. The lowest BCUT2D eigenvalue weighted by atomic mass is 10.3. The van der Waals surface area contributed by atoms with Gasteiger partial charge in [-0.2, -0.15) is 0 Å². The van der Waals surface area contributed by atoms with Crippen molar-refractivity contribution in [3.05, 3.63) is 42.6 Å². The Bertz CT molecular complexity index is 597. The van der Waals surface area contributed by atoms with E-state index in [2.05, 4.69) is 10.3 Å². The van der Waals surface area contributed by atoms with Crippen LogP contribution in [0.3, 0.4) is 0 Å². The Morgan fingerprint density at radius 3 is 2.41 bits per heavy atom. The lowest BCUT2D eigenvalue weighted by molar-refractivity contribution is -0.118. The molecule has 0 aliphatic carbocycles. The number of nitrogens with two attached hydrogens (primary N) is 1. The van der Waals surface area contributed by atoms with Gasteiger partial charge in [0.15, 0.2) is 6.61 Å². The van der Waals surface area contributed by atoms with Crippen LogP contribution < -0.4 is 20.5 Å². The number of rotatable bonds is 7. The maximum Gasteiger partial charge on any atom is 0.262 e. The summed E-state index contributed by atoms with van der Waals surface area (Å²) < 4.78 is 10.9. The zero-order valence-electron chi connectivity index (χ0n) is 12.4. The van der Waals surface area contributed by atoms with Crippen molar-refractivity contribution in [3.8, 4) is 11.5 Å². The van der Waals surface area contributed by atoms with Crippen LogP contribution in [0.5, 0.6) is 11.5 Å². The van der Waals surface area contributed by atoms with Crippen LogP contribution in [0.4, 0.5) is 11.5 Å². The molecule has 0 aliphatic heterocycles. The number of ether oxygens (including phenoxy) is 2. The van der Waals surface area contributed by atoms with Crippen LogP contribution in [0, 0.1) is 0 Å². The van der Waals surface area contributed by atoms with Gasteiger partial charge in [-0.15, -0.1) is 0 Å². The zero-order chi connectivity index (χ0) is 15.8. The van der Waals surface area contributed by atoms with E-state index in [1.807, 2.05) is 19.1 Å². The number of carbonyl (C=O) groups excluding carboxylic acids is 1. The molecule has 0 unspecified atom stereocenters. The molecule has 1 aromatic heterocycles. The minimum absolute atomic E-state index is 0.0838. The molecule has 6 nitrogen and oxygen atoms in total. The van der Waals surface area contributed by atoms with Gasteiger partial charge in [-0.25, -0.2) is 4.98 Å². The number of nitrogen functional groups attached to an aromatic ring is 1. The lowest BCUT2D eigenvalue weighted by Crippen LogP contribution is -2.20. The highest BCUT2D eigenvalue weighted by Gasteiger charge is 2.04. The zero-order valence-corrected chi connectivity index (χ0v) is 12.4. The average Bonchev–Trinajstić information content (AvgIpc) is 2.54. The van der Waals surface area contributed by atoms with Crippen molar-refractivity contribution < 1.29 is 14.3 Å². The molecule has 0 spiro atoms. The van der Waals surface area contributed by atoms with Crippen molar-refractivity contribution >= 4 is 17.4 Å². The number of anilines is 2. The first-order chi connectivity index (χ1) is 10.7. The van der Waals surface area contributed by atoms with Crippen LogP contribution in [0.25, 0.3) is 0 Å². The van der Waals surface area contributed by atoms with E-state index in [4.69, 9.17) is 15.2 Å². The third kappa shape index (κ3) is 4.97. The number of pyridine rings is 1. The Kier molecular flexibility index (Phi) is 5.59. The molecular weight excluding hydrogens is 282 g/mol. The van der Waals surface area contributed by atoms with Crippen molar-refractivity contribution in [2.45, 2.75) is 13.3 Å². The highest BCUT2D eigenvalue weighted by molar-refractivity contribution is 5.91. The topological polar surface area (TPSA) is 86.5 Å². The number of carbonyl (C=O) groups is 1. The summed E-state index contributed by atoms with van der Waals surface area (Å²) in [5.41, 5.74) is 6.05. The molecule has 116 valence electrons. The molecule has 2 aromatic rings. The number of benzene rings is 1. The van der Waals surface area contributed by atoms with Crippen LogP contribution in [0.1, 0.15) is 13.3 Å². The summed E-state index contributed by atoms with van der Waals surface area (Å²) in [5.74, 6) is 1.53. The van der Waals surface area contributed by atoms with Gasteiger partial charge in [-0.05, 0) is 42.8 Å². The molecule has 1 amide bonds. The Labute approximate surface area is 129 Å². The minimum Gasteiger partial charge on any atom is -0.494 e. The molecule has 0 aliphatic rings. The van der Waals surface area contributed by atoms with E-state index in [0.717, 1.165) is 12.2 Å². The van der Waals surface area contributed by atoms with Gasteiger partial charge in [0, 0.05) is 0 Å². The summed E-state index contributed by atoms with van der Waals surface area (Å²) >= 11 is 0. The molecular formula is C16H19N3O3. The van der Waals surface area contributed by atoms with Gasteiger partial charge < -0.3 is 20.5 Å². The summed E-state index contributed by atoms with van der Waals surface area (Å²) in [6.07, 6.45) is 2.45. The number of aromatic nitrogens is 1. The number of nitrogens with zero attached hydrogens (tertiary/aromatic N) is 1. The second-order valence-corrected chi connectivity index (χ2v) is 4.63. The van der Waals surface area contributed by atoms with E-state index >= 15 is 0 Å². The predicted octanol–water partition coefficient (Wildman–Crippen LogP) is 2.47. The summed E-state index contributed by atoms with van der Waals surface area (Å²) in [7, 11) is 0. The van der Waals surface area contributed by atoms with Gasteiger partial charge in [-0.1, -0.05) is 6.92 Å². The Morgan fingerprint density at radius 1 is 1.14 bits per heavy atom. The number of hydrogen-bond acceptors (Lipinski definition) is 5. The fraction of sp³-hybridized carbons (Fsp3) is 0.250. The maximum atomic E-state index is 11.8. The first-order valence-corrected chi connectivity index (χ1v) is 7.04. The number of amides is 1. The molecule has 0 fully saturated rings. The van der Waals surface area contributed by atoms with Gasteiger partial charge in [-0.3, -0.25) is 4.79 Å². The summed E-state index contributed by atoms with van der Waals surface area (Å²) in [5, 5.41) is 2.67. The molecule has 2 rings (SSSR count). The van der Waals surface area contributed by atoms with Gasteiger partial charge >= 0.3 is 0 Å². The van der Waals surface area contributed by atoms with Crippen molar-refractivity contribution in [1.29, 1.82) is 0 Å². The highest BCUT2D eigenvalue weighted by Crippen LogP contribution is 2.17. The van der Waals surface area contributed by atoms with E-state index in [9.17, 15) is 4.79 Å². The maximum absolute atomic E-state index is 11.8. The van der Waals surface area contributed by atoms with Gasteiger partial charge in [0.1, 0.15) is 17.3 Å². The monoisotopic (exact) mass is 301 g/mol. The number of hydrogen-bond donors (Lipinski definition) is 2. The van der Waals surface area contributed by atoms with E-state index in [1.165, 1.54) is 6.20 Å². The minimum atomic E-state index is -0.266. The van der Waals surface area contributed by atoms with Crippen LogP contribution in [-0.4, -0.2) is 24.1 Å². The van der Waals surface area contributed by atoms with E-state index in [0.29, 0.717) is 23.9 Å². The quantitative estimate of drug-likeness (QED) is 0.820. The van der Waals surface area contributed by atoms with Gasteiger partial charge in [0.25, 0.3) is 5.91 Å². The molecule has 1 heterocycles. The van der Waals surface area contributed by atoms with Crippen LogP contribution in [-0.2, 0) is 4.79 Å². The molecule has 1 aromatic carbocycles. The fourth-order valence-electron chi connectivity index (χ4n) is 1.68. The van der Waals surface area contributed by atoms with Gasteiger partial charge in [0.2, 0.25) is 0 Å². The average molecular weight is 301 g/mol. The van der Waals surface area contributed by atoms with E-state index in [1.54, 1.807) is 24.3 Å². The molecule has 0 bridgehead atoms. The van der Waals surface area contributed by atoms with Crippen molar-refractivity contribution in [3.63, 3.8) is 0 Å². The molecule has 0 atom stereocenters. The third-order valence-electron chi connectivity index (χ3n) is 2.74. The standard InChI is InChI=1S/C16H19N3O3/c1-2-9-21-13-4-6-14(7-5-13)22-11-16(20)19-12-3-8-15(17)18-10-12/h3-8,10H,2,9,11H2,1H3,(H2,17,18)(H,19,20). The normalized spacial score (nSPS) is 10.0. The first kappa shape index (κ1) is 15.6. The Morgan fingerprint density at radius 2 is 1.82 bits per heavy atom. The van der Waals surface area contributed by atoms with Gasteiger partial charge in [0.05, 0.1) is 18.5 Å². The number of nitrogens with one attached hydrogen (secondary N) is 1. The molecule has 22 heavy (non-hydrogen) atoms. The smallest absolute Gasteiger partial charge is 0.262 e. The highest BCUT2D eigenvalue weighted by atomic mass is 16.5. The van der Waals surface area contributed by atoms with Crippen molar-refractivity contribution in [2.24, 2.45) is 0 Å². The van der Waals surface area contributed by atoms with Crippen molar-refractivity contribution in [1.82, 2.24) is 4.98 Å². The molecule has 0 saturated heterocycles. The third-order valence-corrected chi connectivity index (χ3v) is 2.74. The largest absolute Gasteiger partial charge is 0.494 e. The van der Waals surface area contributed by atoms with E-state index in [-0.39, 0.29) is 12.5 Å². The van der Waals surface area contributed by atoms with Crippen LogP contribution >= 0.6 is 0 Å². The second kappa shape index (κ2) is 7.87. The molecule has 6 heteroatoms. The van der Waals surface area contributed by atoms with Crippen LogP contribution in [0.15, 0.2) is 42.6 Å². The SMILES string of the molecule is CCCOc1ccc(OCC(=O)Nc2ccc(N)nc2)cc1. The lowest BCUT2D eigenvalue weighted by Gasteiger charge is -2.08. The molecule has 3 N–H and O–H groups in total. The summed E-state index contributed by atoms with van der Waals surface area (Å²) in [6, 6.07) is 10.5. The Balaban J connectivity index is 1.79. The second-order valence-electron chi connectivity index (χ2n) is 4.63. The summed E-state index contributed by atoms with van der Waals surface area (Å²) in [4.78, 5) is 15.7. The van der Waals surface area contributed by atoms with E-state index < -0.39 is 0 Å². The van der Waals surface area contributed by atoms with Crippen LogP contribution in [0.2, 0.25) is 0 Å². The molecule has 0 saturated carbocycles. The van der Waals surface area contributed by atoms with Crippen molar-refractivity contribution in [2.75, 3.05) is 24.3 Å². The predicted molar refractivity (Wildman–Crippen MR) is 85.0 cm³/mol. The summed E-state index contributed by atoms with van der Waals surface area (Å²) in [6.45, 7) is 2.64.